The van der Waals surface area contributed by atoms with Gasteiger partial charge in [0.05, 0.1) is 19.3 Å². The minimum absolute atomic E-state index is 0.208. The summed E-state index contributed by atoms with van der Waals surface area (Å²) < 4.78 is 11.3. The van der Waals surface area contributed by atoms with Crippen molar-refractivity contribution >= 4 is 11.0 Å². The summed E-state index contributed by atoms with van der Waals surface area (Å²) in [4.78, 5) is 0. The van der Waals surface area contributed by atoms with Gasteiger partial charge in [0.1, 0.15) is 11.3 Å². The quantitative estimate of drug-likeness (QED) is 0.860. The highest BCUT2D eigenvalue weighted by Gasteiger charge is 2.12. The summed E-state index contributed by atoms with van der Waals surface area (Å²) in [6.07, 6.45) is 0.208. The molecule has 0 saturated carbocycles. The predicted octanol–water partition coefficient (Wildman–Crippen LogP) is 2.82. The van der Waals surface area contributed by atoms with Crippen molar-refractivity contribution in [3.8, 4) is 0 Å². The number of rotatable bonds is 4. The van der Waals surface area contributed by atoms with Crippen molar-refractivity contribution in [2.24, 2.45) is 5.73 Å². The maximum Gasteiger partial charge on any atom is 0.134 e. The Kier molecular flexibility index (Phi) is 3.27. The maximum absolute atomic E-state index is 5.68. The molecular weight excluding hydrogens is 202 g/mol. The van der Waals surface area contributed by atoms with Gasteiger partial charge in [0.2, 0.25) is 0 Å². The summed E-state index contributed by atoms with van der Waals surface area (Å²) in [5, 5.41) is 1.10. The molecule has 0 fully saturated rings. The van der Waals surface area contributed by atoms with E-state index in [0.29, 0.717) is 13.2 Å². The average Bonchev–Trinajstić information content (AvgIpc) is 2.64. The molecule has 1 aromatic carbocycles. The fourth-order valence-electron chi connectivity index (χ4n) is 1.72. The highest BCUT2D eigenvalue weighted by molar-refractivity contribution is 5.82. The van der Waals surface area contributed by atoms with E-state index in [9.17, 15) is 0 Å². The first-order chi connectivity index (χ1) is 7.72. The first-order valence-corrected chi connectivity index (χ1v) is 5.53. The molecule has 0 radical (unpaired) electrons. The van der Waals surface area contributed by atoms with Crippen LogP contribution in [0.4, 0.5) is 0 Å². The highest BCUT2D eigenvalue weighted by Crippen LogP contribution is 2.26. The summed E-state index contributed by atoms with van der Waals surface area (Å²) >= 11 is 0. The van der Waals surface area contributed by atoms with E-state index < -0.39 is 0 Å². The van der Waals surface area contributed by atoms with Crippen molar-refractivity contribution in [1.82, 2.24) is 0 Å². The van der Waals surface area contributed by atoms with Crippen molar-refractivity contribution in [1.29, 1.82) is 0 Å². The van der Waals surface area contributed by atoms with E-state index in [1.807, 2.05) is 38.1 Å². The van der Waals surface area contributed by atoms with E-state index in [1.54, 1.807) is 0 Å². The summed E-state index contributed by atoms with van der Waals surface area (Å²) in [5.41, 5.74) is 7.63. The van der Waals surface area contributed by atoms with E-state index in [2.05, 4.69) is 0 Å². The Morgan fingerprint density at radius 3 is 2.75 bits per heavy atom. The summed E-state index contributed by atoms with van der Waals surface area (Å²) in [6.45, 7) is 5.00. The van der Waals surface area contributed by atoms with E-state index in [-0.39, 0.29) is 6.10 Å². The van der Waals surface area contributed by atoms with Gasteiger partial charge in [-0.2, -0.15) is 0 Å². The van der Waals surface area contributed by atoms with E-state index in [1.165, 1.54) is 0 Å². The van der Waals surface area contributed by atoms with Crippen molar-refractivity contribution < 1.29 is 9.15 Å². The zero-order chi connectivity index (χ0) is 11.5. The Hall–Kier alpha value is -1.32. The highest BCUT2D eigenvalue weighted by atomic mass is 16.5. The van der Waals surface area contributed by atoms with Crippen molar-refractivity contribution in [3.05, 3.63) is 35.6 Å². The minimum Gasteiger partial charge on any atom is -0.459 e. The standard InChI is InChI=1S/C13H17NO2/c1-9(2)15-8-11-10-5-3-4-6-12(10)16-13(11)7-14/h3-6,9H,7-8,14H2,1-2H3. The fourth-order valence-corrected chi connectivity index (χ4v) is 1.72. The molecular formula is C13H17NO2. The van der Waals surface area contributed by atoms with Gasteiger partial charge in [-0.1, -0.05) is 18.2 Å². The molecule has 0 amide bonds. The van der Waals surface area contributed by atoms with Gasteiger partial charge in [0, 0.05) is 10.9 Å². The third-order valence-corrected chi connectivity index (χ3v) is 2.53. The minimum atomic E-state index is 0.208. The van der Waals surface area contributed by atoms with Crippen LogP contribution in [0.2, 0.25) is 0 Å². The molecule has 0 atom stereocenters. The van der Waals surface area contributed by atoms with Gasteiger partial charge in [-0.25, -0.2) is 0 Å². The lowest BCUT2D eigenvalue weighted by atomic mass is 10.1. The first-order valence-electron chi connectivity index (χ1n) is 5.53. The lowest BCUT2D eigenvalue weighted by Crippen LogP contribution is -2.05. The van der Waals surface area contributed by atoms with Gasteiger partial charge in [-0.15, -0.1) is 0 Å². The Balaban J connectivity index is 2.39. The molecule has 0 unspecified atom stereocenters. The molecule has 2 rings (SSSR count). The third kappa shape index (κ3) is 2.10. The van der Waals surface area contributed by atoms with Crippen LogP contribution in [0.5, 0.6) is 0 Å². The van der Waals surface area contributed by atoms with Crippen LogP contribution in [-0.2, 0) is 17.9 Å². The molecule has 0 aliphatic heterocycles. The number of benzene rings is 1. The van der Waals surface area contributed by atoms with Gasteiger partial charge in [-0.3, -0.25) is 0 Å². The van der Waals surface area contributed by atoms with Crippen LogP contribution in [-0.4, -0.2) is 6.10 Å². The molecule has 1 aromatic heterocycles. The number of furan rings is 1. The Bertz CT molecular complexity index is 474. The van der Waals surface area contributed by atoms with Crippen LogP contribution in [0, 0.1) is 0 Å². The summed E-state index contributed by atoms with van der Waals surface area (Å²) in [6, 6.07) is 7.95. The molecule has 0 spiro atoms. The normalized spacial score (nSPS) is 11.5. The zero-order valence-electron chi connectivity index (χ0n) is 9.69. The second kappa shape index (κ2) is 4.68. The van der Waals surface area contributed by atoms with Gasteiger partial charge in [-0.05, 0) is 19.9 Å². The van der Waals surface area contributed by atoms with E-state index in [0.717, 1.165) is 22.3 Å². The molecule has 2 N–H and O–H groups in total. The van der Waals surface area contributed by atoms with Gasteiger partial charge in [0.15, 0.2) is 0 Å². The van der Waals surface area contributed by atoms with Gasteiger partial charge in [0.25, 0.3) is 0 Å². The maximum atomic E-state index is 5.68. The molecule has 0 aliphatic carbocycles. The Labute approximate surface area is 95.2 Å². The third-order valence-electron chi connectivity index (χ3n) is 2.53. The number of fused-ring (bicyclic) bond motifs is 1. The van der Waals surface area contributed by atoms with Crippen molar-refractivity contribution in [2.45, 2.75) is 33.1 Å². The predicted molar refractivity (Wildman–Crippen MR) is 64.0 cm³/mol. The smallest absolute Gasteiger partial charge is 0.134 e. The van der Waals surface area contributed by atoms with Gasteiger partial charge < -0.3 is 14.9 Å². The van der Waals surface area contributed by atoms with Crippen LogP contribution in [0.25, 0.3) is 11.0 Å². The molecule has 0 aliphatic rings. The zero-order valence-corrected chi connectivity index (χ0v) is 9.69. The van der Waals surface area contributed by atoms with Crippen molar-refractivity contribution in [2.75, 3.05) is 0 Å². The van der Waals surface area contributed by atoms with E-state index in [4.69, 9.17) is 14.9 Å². The van der Waals surface area contributed by atoms with Crippen LogP contribution in [0.1, 0.15) is 25.2 Å². The SMILES string of the molecule is CC(C)OCc1c(CN)oc2ccccc12. The van der Waals surface area contributed by atoms with Crippen molar-refractivity contribution in [3.63, 3.8) is 0 Å². The lowest BCUT2D eigenvalue weighted by molar-refractivity contribution is 0.0654. The summed E-state index contributed by atoms with van der Waals surface area (Å²) in [5.74, 6) is 0.821. The van der Waals surface area contributed by atoms with Crippen LogP contribution in [0.3, 0.4) is 0 Å². The van der Waals surface area contributed by atoms with Crippen LogP contribution >= 0.6 is 0 Å². The Morgan fingerprint density at radius 1 is 1.31 bits per heavy atom. The summed E-state index contributed by atoms with van der Waals surface area (Å²) in [7, 11) is 0. The van der Waals surface area contributed by atoms with Gasteiger partial charge >= 0.3 is 0 Å². The lowest BCUT2D eigenvalue weighted by Gasteiger charge is -2.07. The molecule has 3 nitrogen and oxygen atoms in total. The number of hydrogen-bond acceptors (Lipinski definition) is 3. The fraction of sp³-hybridized carbons (Fsp3) is 0.385. The molecule has 2 aromatic rings. The second-order valence-electron chi connectivity index (χ2n) is 4.06. The molecule has 3 heteroatoms. The molecule has 86 valence electrons. The molecule has 1 heterocycles. The average molecular weight is 219 g/mol. The second-order valence-corrected chi connectivity index (χ2v) is 4.06. The van der Waals surface area contributed by atoms with Crippen LogP contribution in [0.15, 0.2) is 28.7 Å². The Morgan fingerprint density at radius 2 is 2.06 bits per heavy atom. The molecule has 0 bridgehead atoms. The monoisotopic (exact) mass is 219 g/mol. The first kappa shape index (κ1) is 11.2. The molecule has 0 saturated heterocycles. The van der Waals surface area contributed by atoms with Crippen LogP contribution < -0.4 is 5.73 Å². The number of para-hydroxylation sites is 1. The van der Waals surface area contributed by atoms with E-state index >= 15 is 0 Å². The number of ether oxygens (including phenoxy) is 1. The molecule has 16 heavy (non-hydrogen) atoms. The number of hydrogen-bond donors (Lipinski definition) is 1. The topological polar surface area (TPSA) is 48.4 Å². The number of nitrogens with two attached hydrogens (primary N) is 1. The largest absolute Gasteiger partial charge is 0.459 e.